The molecule has 0 amide bonds. The number of hydrogen-bond donors (Lipinski definition) is 1. The van der Waals surface area contributed by atoms with Gasteiger partial charge in [-0.1, -0.05) is 39.0 Å². The Morgan fingerprint density at radius 2 is 1.95 bits per heavy atom. The monoisotopic (exact) mass is 293 g/mol. The summed E-state index contributed by atoms with van der Waals surface area (Å²) in [5.41, 5.74) is 1.49. The summed E-state index contributed by atoms with van der Waals surface area (Å²) in [7, 11) is 2.14. The highest BCUT2D eigenvalue weighted by molar-refractivity contribution is 7.12. The van der Waals surface area contributed by atoms with E-state index in [2.05, 4.69) is 39.2 Å². The van der Waals surface area contributed by atoms with E-state index in [1.165, 1.54) is 55.4 Å². The zero-order chi connectivity index (χ0) is 14.5. The number of thiophene rings is 1. The van der Waals surface area contributed by atoms with Gasteiger partial charge in [-0.25, -0.2) is 0 Å². The van der Waals surface area contributed by atoms with E-state index < -0.39 is 0 Å². The fourth-order valence-corrected chi connectivity index (χ4v) is 5.09. The van der Waals surface area contributed by atoms with E-state index in [1.807, 2.05) is 11.3 Å². The molecule has 1 aliphatic rings. The molecule has 1 heterocycles. The molecule has 0 radical (unpaired) electrons. The topological polar surface area (TPSA) is 12.0 Å². The second-order valence-corrected chi connectivity index (χ2v) is 7.88. The summed E-state index contributed by atoms with van der Waals surface area (Å²) in [6.45, 7) is 6.82. The zero-order valence-corrected chi connectivity index (χ0v) is 14.5. The SMILES string of the molecule is CCCCC1CCC(C(NC)c2sc(C)cc2C)CC1. The maximum Gasteiger partial charge on any atom is 0.0443 e. The summed E-state index contributed by atoms with van der Waals surface area (Å²) in [6, 6.07) is 2.93. The number of aryl methyl sites for hydroxylation is 2. The molecule has 1 N–H and O–H groups in total. The van der Waals surface area contributed by atoms with Gasteiger partial charge in [0.15, 0.2) is 0 Å². The lowest BCUT2D eigenvalue weighted by molar-refractivity contribution is 0.219. The predicted molar refractivity (Wildman–Crippen MR) is 90.6 cm³/mol. The molecule has 1 aliphatic carbocycles. The van der Waals surface area contributed by atoms with Crippen LogP contribution in [0.15, 0.2) is 6.07 Å². The van der Waals surface area contributed by atoms with Crippen LogP contribution in [0, 0.1) is 25.7 Å². The van der Waals surface area contributed by atoms with Crippen molar-refractivity contribution in [2.24, 2.45) is 11.8 Å². The largest absolute Gasteiger partial charge is 0.312 e. The van der Waals surface area contributed by atoms with Crippen molar-refractivity contribution in [3.63, 3.8) is 0 Å². The predicted octanol–water partition coefficient (Wildman–Crippen LogP) is 5.62. The van der Waals surface area contributed by atoms with Crippen molar-refractivity contribution < 1.29 is 0 Å². The van der Waals surface area contributed by atoms with Crippen molar-refractivity contribution in [1.29, 1.82) is 0 Å². The van der Waals surface area contributed by atoms with Gasteiger partial charge in [-0.3, -0.25) is 0 Å². The maximum absolute atomic E-state index is 3.61. The van der Waals surface area contributed by atoms with Crippen molar-refractivity contribution in [2.75, 3.05) is 7.05 Å². The van der Waals surface area contributed by atoms with Crippen LogP contribution < -0.4 is 5.32 Å². The summed E-state index contributed by atoms with van der Waals surface area (Å²) in [4.78, 5) is 3.04. The standard InChI is InChI=1S/C18H31NS/c1-5-6-7-15-8-10-16(11-9-15)17(19-4)18-13(2)12-14(3)20-18/h12,15-17,19H,5-11H2,1-4H3. The third kappa shape index (κ3) is 3.85. The molecular formula is C18H31NS. The average molecular weight is 294 g/mol. The van der Waals surface area contributed by atoms with E-state index in [9.17, 15) is 0 Å². The quantitative estimate of drug-likeness (QED) is 0.717. The number of rotatable bonds is 6. The Balaban J connectivity index is 1.95. The first-order valence-electron chi connectivity index (χ1n) is 8.39. The van der Waals surface area contributed by atoms with Gasteiger partial charge in [-0.05, 0) is 57.2 Å². The maximum atomic E-state index is 3.61. The van der Waals surface area contributed by atoms with Crippen LogP contribution >= 0.6 is 11.3 Å². The van der Waals surface area contributed by atoms with Crippen LogP contribution in [-0.2, 0) is 0 Å². The minimum atomic E-state index is 0.584. The van der Waals surface area contributed by atoms with E-state index in [0.717, 1.165) is 11.8 Å². The lowest BCUT2D eigenvalue weighted by Crippen LogP contribution is -2.28. The van der Waals surface area contributed by atoms with Gasteiger partial charge in [0.2, 0.25) is 0 Å². The fourth-order valence-electron chi connectivity index (χ4n) is 3.85. The Hall–Kier alpha value is -0.340. The Kier molecular flexibility index (Phi) is 6.10. The van der Waals surface area contributed by atoms with Gasteiger partial charge in [0.25, 0.3) is 0 Å². The minimum absolute atomic E-state index is 0.584. The molecule has 0 aliphatic heterocycles. The molecule has 0 bridgehead atoms. The smallest absolute Gasteiger partial charge is 0.0443 e. The van der Waals surface area contributed by atoms with Gasteiger partial charge in [-0.15, -0.1) is 11.3 Å². The van der Waals surface area contributed by atoms with Crippen molar-refractivity contribution in [2.45, 2.75) is 71.8 Å². The molecule has 1 nitrogen and oxygen atoms in total. The second kappa shape index (κ2) is 7.61. The molecule has 1 atom stereocenters. The van der Waals surface area contributed by atoms with Crippen LogP contribution in [-0.4, -0.2) is 7.05 Å². The molecule has 1 unspecified atom stereocenters. The van der Waals surface area contributed by atoms with E-state index in [4.69, 9.17) is 0 Å². The van der Waals surface area contributed by atoms with Crippen LogP contribution in [0.25, 0.3) is 0 Å². The van der Waals surface area contributed by atoms with Gasteiger partial charge in [0.1, 0.15) is 0 Å². The Bertz CT molecular complexity index is 402. The fraction of sp³-hybridized carbons (Fsp3) is 0.778. The van der Waals surface area contributed by atoms with E-state index in [0.29, 0.717) is 6.04 Å². The summed E-state index contributed by atoms with van der Waals surface area (Å²) < 4.78 is 0. The van der Waals surface area contributed by atoms with Crippen molar-refractivity contribution >= 4 is 11.3 Å². The van der Waals surface area contributed by atoms with E-state index >= 15 is 0 Å². The van der Waals surface area contributed by atoms with Crippen LogP contribution in [0.2, 0.25) is 0 Å². The van der Waals surface area contributed by atoms with Gasteiger partial charge in [0, 0.05) is 15.8 Å². The molecule has 1 aromatic heterocycles. The van der Waals surface area contributed by atoms with Crippen LogP contribution in [0.5, 0.6) is 0 Å². The molecule has 1 fully saturated rings. The van der Waals surface area contributed by atoms with Crippen molar-refractivity contribution in [3.8, 4) is 0 Å². The van der Waals surface area contributed by atoms with Crippen molar-refractivity contribution in [3.05, 3.63) is 21.4 Å². The minimum Gasteiger partial charge on any atom is -0.312 e. The third-order valence-electron chi connectivity index (χ3n) is 5.00. The van der Waals surface area contributed by atoms with Crippen LogP contribution in [0.3, 0.4) is 0 Å². The molecule has 114 valence electrons. The average Bonchev–Trinajstić information content (AvgIpc) is 2.78. The molecule has 20 heavy (non-hydrogen) atoms. The molecule has 1 saturated carbocycles. The molecular weight excluding hydrogens is 262 g/mol. The van der Waals surface area contributed by atoms with E-state index in [1.54, 1.807) is 4.88 Å². The highest BCUT2D eigenvalue weighted by Gasteiger charge is 2.29. The summed E-state index contributed by atoms with van der Waals surface area (Å²) in [5.74, 6) is 1.85. The summed E-state index contributed by atoms with van der Waals surface area (Å²) in [5, 5.41) is 3.61. The molecule has 0 aromatic carbocycles. The summed E-state index contributed by atoms with van der Waals surface area (Å²) >= 11 is 1.99. The van der Waals surface area contributed by atoms with Gasteiger partial charge in [0.05, 0.1) is 0 Å². The number of hydrogen-bond acceptors (Lipinski definition) is 2. The van der Waals surface area contributed by atoms with Crippen molar-refractivity contribution in [1.82, 2.24) is 5.32 Å². The summed E-state index contributed by atoms with van der Waals surface area (Å²) in [6.07, 6.45) is 9.97. The second-order valence-electron chi connectivity index (χ2n) is 6.59. The molecule has 2 heteroatoms. The first kappa shape index (κ1) is 16.0. The number of unbranched alkanes of at least 4 members (excludes halogenated alkanes) is 1. The first-order chi connectivity index (χ1) is 9.65. The highest BCUT2D eigenvalue weighted by Crippen LogP contribution is 2.41. The molecule has 0 spiro atoms. The lowest BCUT2D eigenvalue weighted by Gasteiger charge is -2.34. The lowest BCUT2D eigenvalue weighted by atomic mass is 9.76. The first-order valence-corrected chi connectivity index (χ1v) is 9.21. The number of nitrogens with one attached hydrogen (secondary N) is 1. The zero-order valence-electron chi connectivity index (χ0n) is 13.7. The Morgan fingerprint density at radius 3 is 2.45 bits per heavy atom. The van der Waals surface area contributed by atoms with Crippen LogP contribution in [0.4, 0.5) is 0 Å². The molecule has 2 rings (SSSR count). The molecule has 0 saturated heterocycles. The van der Waals surface area contributed by atoms with Gasteiger partial charge >= 0.3 is 0 Å². The Labute approximate surface area is 129 Å². The van der Waals surface area contributed by atoms with Gasteiger partial charge < -0.3 is 5.32 Å². The highest BCUT2D eigenvalue weighted by atomic mass is 32.1. The van der Waals surface area contributed by atoms with Gasteiger partial charge in [-0.2, -0.15) is 0 Å². The molecule has 1 aromatic rings. The van der Waals surface area contributed by atoms with E-state index in [-0.39, 0.29) is 0 Å². The third-order valence-corrected chi connectivity index (χ3v) is 6.24. The Morgan fingerprint density at radius 1 is 1.25 bits per heavy atom. The van der Waals surface area contributed by atoms with Crippen LogP contribution in [0.1, 0.15) is 73.2 Å². The normalized spacial score (nSPS) is 24.8.